The van der Waals surface area contributed by atoms with E-state index in [0.29, 0.717) is 29.0 Å². The molecule has 3 fully saturated rings. The van der Waals surface area contributed by atoms with E-state index in [4.69, 9.17) is 31.2 Å². The number of hydrogen-bond acceptors (Lipinski definition) is 7. The number of hydrogen-bond donors (Lipinski definition) is 1. The van der Waals surface area contributed by atoms with Crippen LogP contribution in [0.5, 0.6) is 17.2 Å². The normalized spacial score (nSPS) is 23.2. The molecule has 2 bridgehead atoms. The van der Waals surface area contributed by atoms with Crippen molar-refractivity contribution in [3.8, 4) is 17.2 Å². The van der Waals surface area contributed by atoms with Crippen LogP contribution in [0.3, 0.4) is 0 Å². The van der Waals surface area contributed by atoms with E-state index in [2.05, 4.69) is 27.9 Å². The van der Waals surface area contributed by atoms with E-state index in [-0.39, 0.29) is 17.3 Å². The molecule has 1 N–H and O–H groups in total. The van der Waals surface area contributed by atoms with Gasteiger partial charge in [-0.25, -0.2) is 0 Å². The van der Waals surface area contributed by atoms with E-state index in [1.54, 1.807) is 21.3 Å². The Labute approximate surface area is 223 Å². The molecule has 3 aromatic rings. The number of thiocarbonyl (C=S) groups is 1. The number of piperidine rings is 3. The molecule has 1 aromatic heterocycles. The van der Waals surface area contributed by atoms with Gasteiger partial charge >= 0.3 is 0 Å². The molecular formula is C29H33N3O4S. The zero-order valence-corrected chi connectivity index (χ0v) is 22.3. The molecule has 6 rings (SSSR count). The van der Waals surface area contributed by atoms with Crippen LogP contribution in [0, 0.1) is 11.8 Å². The summed E-state index contributed by atoms with van der Waals surface area (Å²) >= 11 is 5.76. The van der Waals surface area contributed by atoms with Gasteiger partial charge in [0, 0.05) is 29.8 Å². The number of nitrogens with zero attached hydrogens (tertiary/aromatic N) is 2. The van der Waals surface area contributed by atoms with E-state index >= 15 is 0 Å². The first-order chi connectivity index (χ1) is 18.0. The monoisotopic (exact) mass is 519 g/mol. The number of nitrogens with one attached hydrogen (secondary N) is 1. The highest BCUT2D eigenvalue weighted by molar-refractivity contribution is 7.80. The van der Waals surface area contributed by atoms with Crippen molar-refractivity contribution in [3.05, 3.63) is 66.9 Å². The van der Waals surface area contributed by atoms with Crippen molar-refractivity contribution in [3.63, 3.8) is 0 Å². The lowest BCUT2D eigenvalue weighted by Crippen LogP contribution is -2.55. The Morgan fingerprint density at radius 2 is 1.89 bits per heavy atom. The third-order valence-corrected chi connectivity index (χ3v) is 7.87. The molecule has 0 amide bonds. The van der Waals surface area contributed by atoms with Crippen LogP contribution in [0.1, 0.15) is 24.5 Å². The van der Waals surface area contributed by atoms with Gasteiger partial charge in [-0.05, 0) is 79.8 Å². The average molecular weight is 520 g/mol. The van der Waals surface area contributed by atoms with Crippen molar-refractivity contribution in [1.82, 2.24) is 9.88 Å². The smallest absolute Gasteiger partial charge is 0.261 e. The molecule has 2 aromatic carbocycles. The summed E-state index contributed by atoms with van der Waals surface area (Å²) in [6.45, 7) is 6.11. The van der Waals surface area contributed by atoms with Gasteiger partial charge in [0.25, 0.3) is 5.17 Å². The van der Waals surface area contributed by atoms with Crippen LogP contribution in [-0.4, -0.2) is 55.5 Å². The van der Waals surface area contributed by atoms with Crippen molar-refractivity contribution < 1.29 is 18.9 Å². The number of fused-ring (bicyclic) bond motifs is 4. The van der Waals surface area contributed by atoms with Crippen LogP contribution in [-0.2, 0) is 4.74 Å². The molecule has 0 radical (unpaired) electrons. The Bertz CT molecular complexity index is 1300. The molecule has 3 aliphatic rings. The molecule has 3 aliphatic heterocycles. The Morgan fingerprint density at radius 1 is 1.11 bits per heavy atom. The molecule has 0 aliphatic carbocycles. The van der Waals surface area contributed by atoms with Crippen molar-refractivity contribution in [2.45, 2.75) is 25.0 Å². The van der Waals surface area contributed by atoms with E-state index in [0.717, 1.165) is 41.7 Å². The summed E-state index contributed by atoms with van der Waals surface area (Å²) in [6, 6.07) is 13.7. The topological polar surface area (TPSA) is 65.1 Å². The molecule has 0 saturated carbocycles. The summed E-state index contributed by atoms with van der Waals surface area (Å²) in [4.78, 5) is 7.12. The number of rotatable bonds is 8. The van der Waals surface area contributed by atoms with E-state index in [1.165, 1.54) is 6.42 Å². The molecular weight excluding hydrogens is 486 g/mol. The molecule has 37 heavy (non-hydrogen) atoms. The molecule has 1 unspecified atom stereocenters. The summed E-state index contributed by atoms with van der Waals surface area (Å²) in [5, 5.41) is 4.52. The van der Waals surface area contributed by atoms with Crippen LogP contribution in [0.4, 0.5) is 5.69 Å². The number of aromatic nitrogens is 1. The van der Waals surface area contributed by atoms with Crippen molar-refractivity contribution in [2.75, 3.05) is 39.7 Å². The molecule has 3 saturated heterocycles. The standard InChI is InChI=1S/C29H33N3O4S/c1-5-18-17-32-13-11-19(18)14-26(32)28(22-10-12-30-24-8-6-20(33-2)15-23(22)24)36-29(37)31-25-9-7-21(34-3)16-27(25)35-4/h5-10,12,15-16,18-19,26,28H,1,11,13-14,17H2,2-4H3,(H,31,37)/t18-,19-,26-,28+/m0/s1. The Balaban J connectivity index is 1.50. The summed E-state index contributed by atoms with van der Waals surface area (Å²) < 4.78 is 23.0. The lowest BCUT2D eigenvalue weighted by atomic mass is 9.73. The minimum absolute atomic E-state index is 0.171. The fourth-order valence-corrected chi connectivity index (χ4v) is 5.93. The predicted molar refractivity (Wildman–Crippen MR) is 150 cm³/mol. The average Bonchev–Trinajstić information content (AvgIpc) is 2.95. The van der Waals surface area contributed by atoms with Gasteiger partial charge in [0.1, 0.15) is 23.4 Å². The Kier molecular flexibility index (Phi) is 7.48. The first kappa shape index (κ1) is 25.3. The molecule has 7 nitrogen and oxygen atoms in total. The summed E-state index contributed by atoms with van der Waals surface area (Å²) in [5.74, 6) is 3.20. The Hall–Kier alpha value is -3.36. The minimum atomic E-state index is -0.296. The fraction of sp³-hybridized carbons (Fsp3) is 0.379. The second-order valence-electron chi connectivity index (χ2n) is 9.55. The van der Waals surface area contributed by atoms with E-state index in [9.17, 15) is 0 Å². The van der Waals surface area contributed by atoms with Crippen LogP contribution < -0.4 is 19.5 Å². The SMILES string of the molecule is C=C[C@H]1CN2CC[C@H]1C[C@H]2[C@H](OC(=S)Nc1ccc(OC)cc1OC)c1ccnc2ccc(OC)cc12. The fourth-order valence-electron chi connectivity index (χ4n) is 5.72. The van der Waals surface area contributed by atoms with Gasteiger partial charge in [-0.15, -0.1) is 6.58 Å². The number of methoxy groups -OCH3 is 3. The van der Waals surface area contributed by atoms with Gasteiger partial charge in [0.05, 0.1) is 38.6 Å². The van der Waals surface area contributed by atoms with E-state index in [1.807, 2.05) is 48.7 Å². The highest BCUT2D eigenvalue weighted by Crippen LogP contribution is 2.44. The maximum atomic E-state index is 6.64. The predicted octanol–water partition coefficient (Wildman–Crippen LogP) is 5.61. The largest absolute Gasteiger partial charge is 0.497 e. The summed E-state index contributed by atoms with van der Waals surface area (Å²) in [5.41, 5.74) is 2.65. The molecule has 8 heteroatoms. The summed E-state index contributed by atoms with van der Waals surface area (Å²) in [6.07, 6.45) is 5.85. The maximum Gasteiger partial charge on any atom is 0.261 e. The first-order valence-corrected chi connectivity index (χ1v) is 12.9. The highest BCUT2D eigenvalue weighted by Gasteiger charge is 2.44. The number of ether oxygens (including phenoxy) is 4. The molecule has 0 spiro atoms. The number of benzene rings is 2. The molecule has 5 atom stereocenters. The van der Waals surface area contributed by atoms with Crippen molar-refractivity contribution >= 4 is 34.0 Å². The van der Waals surface area contributed by atoms with Gasteiger partial charge < -0.3 is 24.3 Å². The van der Waals surface area contributed by atoms with E-state index < -0.39 is 0 Å². The molecule has 4 heterocycles. The van der Waals surface area contributed by atoms with Crippen molar-refractivity contribution in [1.29, 1.82) is 0 Å². The van der Waals surface area contributed by atoms with Crippen LogP contribution >= 0.6 is 12.2 Å². The van der Waals surface area contributed by atoms with Crippen LogP contribution in [0.25, 0.3) is 10.9 Å². The van der Waals surface area contributed by atoms with Gasteiger partial charge in [-0.1, -0.05) is 6.08 Å². The molecule has 194 valence electrons. The minimum Gasteiger partial charge on any atom is -0.497 e. The summed E-state index contributed by atoms with van der Waals surface area (Å²) in [7, 11) is 4.91. The van der Waals surface area contributed by atoms with Crippen molar-refractivity contribution in [2.24, 2.45) is 11.8 Å². The van der Waals surface area contributed by atoms with Gasteiger partial charge in [0.2, 0.25) is 0 Å². The third-order valence-electron chi connectivity index (χ3n) is 7.67. The lowest BCUT2D eigenvalue weighted by Gasteiger charge is -2.51. The second-order valence-corrected chi connectivity index (χ2v) is 9.92. The van der Waals surface area contributed by atoms with Crippen LogP contribution in [0.2, 0.25) is 0 Å². The lowest BCUT2D eigenvalue weighted by molar-refractivity contribution is -0.0386. The van der Waals surface area contributed by atoms with Gasteiger partial charge in [-0.2, -0.15) is 0 Å². The number of pyridine rings is 1. The number of anilines is 1. The quantitative estimate of drug-likeness (QED) is 0.304. The second kappa shape index (κ2) is 10.9. The third kappa shape index (κ3) is 5.08. The Morgan fingerprint density at radius 3 is 2.59 bits per heavy atom. The highest BCUT2D eigenvalue weighted by atomic mass is 32.1. The maximum absolute atomic E-state index is 6.64. The van der Waals surface area contributed by atoms with Gasteiger partial charge in [0.15, 0.2) is 0 Å². The van der Waals surface area contributed by atoms with Gasteiger partial charge in [-0.3, -0.25) is 9.88 Å². The zero-order valence-electron chi connectivity index (χ0n) is 21.5. The van der Waals surface area contributed by atoms with Crippen LogP contribution in [0.15, 0.2) is 61.3 Å². The zero-order chi connectivity index (χ0) is 25.9. The first-order valence-electron chi connectivity index (χ1n) is 12.5.